The van der Waals surface area contributed by atoms with Gasteiger partial charge in [-0.2, -0.15) is 0 Å². The normalized spacial score (nSPS) is 15.2. The van der Waals surface area contributed by atoms with E-state index in [1.54, 1.807) is 12.3 Å². The highest BCUT2D eigenvalue weighted by atomic mass is 35.5. The second-order valence-corrected chi connectivity index (χ2v) is 6.09. The van der Waals surface area contributed by atoms with E-state index in [-0.39, 0.29) is 5.91 Å². The van der Waals surface area contributed by atoms with Gasteiger partial charge in [0.2, 0.25) is 0 Å². The topological polar surface area (TPSA) is 55.3 Å². The molecule has 21 heavy (non-hydrogen) atoms. The van der Waals surface area contributed by atoms with Gasteiger partial charge in [-0.15, -0.1) is 11.3 Å². The zero-order chi connectivity index (χ0) is 14.8. The standard InChI is InChI=1S/C14H14ClN3O2S/c1-9-12(14(19)18-4-6-20-7-5-18)21-13(17-9)10-2-3-11(15)16-8-10/h2-3,8H,4-7H2,1H3. The van der Waals surface area contributed by atoms with Crippen molar-refractivity contribution in [3.8, 4) is 10.6 Å². The lowest BCUT2D eigenvalue weighted by atomic mass is 10.3. The van der Waals surface area contributed by atoms with Gasteiger partial charge in [0, 0.05) is 24.8 Å². The van der Waals surface area contributed by atoms with Gasteiger partial charge in [-0.25, -0.2) is 9.97 Å². The van der Waals surface area contributed by atoms with Crippen molar-refractivity contribution in [3.63, 3.8) is 0 Å². The second kappa shape index (κ2) is 6.09. The number of morpholine rings is 1. The van der Waals surface area contributed by atoms with Crippen LogP contribution >= 0.6 is 22.9 Å². The summed E-state index contributed by atoms with van der Waals surface area (Å²) in [6.07, 6.45) is 1.67. The van der Waals surface area contributed by atoms with Gasteiger partial charge in [0.05, 0.1) is 18.9 Å². The molecule has 0 N–H and O–H groups in total. The van der Waals surface area contributed by atoms with E-state index in [9.17, 15) is 4.79 Å². The highest BCUT2D eigenvalue weighted by molar-refractivity contribution is 7.17. The molecule has 2 aromatic heterocycles. The average molecular weight is 324 g/mol. The van der Waals surface area contributed by atoms with Crippen LogP contribution in [0.15, 0.2) is 18.3 Å². The maximum absolute atomic E-state index is 12.5. The van der Waals surface area contributed by atoms with Gasteiger partial charge in [-0.3, -0.25) is 4.79 Å². The molecular weight excluding hydrogens is 310 g/mol. The van der Waals surface area contributed by atoms with Gasteiger partial charge in [-0.1, -0.05) is 11.6 Å². The van der Waals surface area contributed by atoms with Crippen LogP contribution in [-0.2, 0) is 4.74 Å². The Morgan fingerprint density at radius 2 is 2.14 bits per heavy atom. The van der Waals surface area contributed by atoms with E-state index in [0.29, 0.717) is 36.3 Å². The number of aromatic nitrogens is 2. The Morgan fingerprint density at radius 3 is 2.81 bits per heavy atom. The number of carbonyl (C=O) groups excluding carboxylic acids is 1. The molecule has 0 atom stereocenters. The molecule has 0 bridgehead atoms. The fraction of sp³-hybridized carbons (Fsp3) is 0.357. The molecule has 1 aliphatic heterocycles. The van der Waals surface area contributed by atoms with E-state index in [4.69, 9.17) is 16.3 Å². The van der Waals surface area contributed by atoms with Gasteiger partial charge in [-0.05, 0) is 19.1 Å². The third kappa shape index (κ3) is 3.07. The highest BCUT2D eigenvalue weighted by Gasteiger charge is 2.23. The predicted octanol–water partition coefficient (Wildman–Crippen LogP) is 2.64. The largest absolute Gasteiger partial charge is 0.378 e. The van der Waals surface area contributed by atoms with Crippen LogP contribution in [0, 0.1) is 6.92 Å². The van der Waals surface area contributed by atoms with E-state index in [2.05, 4.69) is 9.97 Å². The van der Waals surface area contributed by atoms with Crippen LogP contribution < -0.4 is 0 Å². The van der Waals surface area contributed by atoms with Gasteiger partial charge < -0.3 is 9.64 Å². The molecule has 3 heterocycles. The van der Waals surface area contributed by atoms with Crippen LogP contribution in [0.25, 0.3) is 10.6 Å². The molecule has 5 nitrogen and oxygen atoms in total. The summed E-state index contributed by atoms with van der Waals surface area (Å²) in [7, 11) is 0. The van der Waals surface area contributed by atoms with Crippen molar-refractivity contribution in [2.75, 3.05) is 26.3 Å². The summed E-state index contributed by atoms with van der Waals surface area (Å²) in [6.45, 7) is 4.31. The van der Waals surface area contributed by atoms with Crippen LogP contribution in [0.1, 0.15) is 15.4 Å². The minimum Gasteiger partial charge on any atom is -0.378 e. The zero-order valence-corrected chi connectivity index (χ0v) is 13.1. The van der Waals surface area contributed by atoms with Gasteiger partial charge in [0.1, 0.15) is 15.0 Å². The maximum atomic E-state index is 12.5. The highest BCUT2D eigenvalue weighted by Crippen LogP contribution is 2.29. The van der Waals surface area contributed by atoms with E-state index in [0.717, 1.165) is 16.3 Å². The summed E-state index contributed by atoms with van der Waals surface area (Å²) in [5.74, 6) is 0.0291. The SMILES string of the molecule is Cc1nc(-c2ccc(Cl)nc2)sc1C(=O)N1CCOCC1. The number of amides is 1. The fourth-order valence-corrected chi connectivity index (χ4v) is 3.27. The van der Waals surface area contributed by atoms with Crippen molar-refractivity contribution < 1.29 is 9.53 Å². The molecule has 2 aromatic rings. The molecule has 0 aliphatic carbocycles. The van der Waals surface area contributed by atoms with Crippen molar-refractivity contribution in [2.45, 2.75) is 6.92 Å². The minimum atomic E-state index is 0.0291. The van der Waals surface area contributed by atoms with Crippen LogP contribution in [-0.4, -0.2) is 47.1 Å². The van der Waals surface area contributed by atoms with Crippen LogP contribution in [0.2, 0.25) is 5.15 Å². The van der Waals surface area contributed by atoms with Crippen molar-refractivity contribution >= 4 is 28.8 Å². The molecular formula is C14H14ClN3O2S. The lowest BCUT2D eigenvalue weighted by Gasteiger charge is -2.26. The number of ether oxygens (including phenoxy) is 1. The summed E-state index contributed by atoms with van der Waals surface area (Å²) < 4.78 is 5.27. The molecule has 1 amide bonds. The second-order valence-electron chi connectivity index (χ2n) is 4.71. The van der Waals surface area contributed by atoms with Gasteiger partial charge in [0.15, 0.2) is 0 Å². The fourth-order valence-electron chi connectivity index (χ4n) is 2.13. The van der Waals surface area contributed by atoms with Gasteiger partial charge >= 0.3 is 0 Å². The summed E-state index contributed by atoms with van der Waals surface area (Å²) >= 11 is 7.18. The average Bonchev–Trinajstić information content (AvgIpc) is 2.90. The molecule has 110 valence electrons. The summed E-state index contributed by atoms with van der Waals surface area (Å²) in [5, 5.41) is 1.23. The van der Waals surface area contributed by atoms with Crippen LogP contribution in [0.3, 0.4) is 0 Å². The monoisotopic (exact) mass is 323 g/mol. The smallest absolute Gasteiger partial charge is 0.266 e. The predicted molar refractivity (Wildman–Crippen MR) is 81.8 cm³/mol. The number of hydrogen-bond donors (Lipinski definition) is 0. The Hall–Kier alpha value is -1.50. The first-order valence-electron chi connectivity index (χ1n) is 6.61. The Bertz CT molecular complexity index is 651. The zero-order valence-electron chi connectivity index (χ0n) is 11.5. The molecule has 1 aliphatic rings. The Labute approximate surface area is 131 Å². The van der Waals surface area contributed by atoms with Crippen molar-refractivity contribution in [2.24, 2.45) is 0 Å². The molecule has 7 heteroatoms. The number of thiazole rings is 1. The molecule has 0 unspecified atom stereocenters. The lowest BCUT2D eigenvalue weighted by Crippen LogP contribution is -2.40. The maximum Gasteiger partial charge on any atom is 0.266 e. The first-order chi connectivity index (χ1) is 10.1. The van der Waals surface area contributed by atoms with Crippen LogP contribution in [0.5, 0.6) is 0 Å². The van der Waals surface area contributed by atoms with Crippen LogP contribution in [0.4, 0.5) is 0 Å². The van der Waals surface area contributed by atoms with Crippen molar-refractivity contribution in [1.29, 1.82) is 0 Å². The molecule has 1 fully saturated rings. The molecule has 0 radical (unpaired) electrons. The lowest BCUT2D eigenvalue weighted by molar-refractivity contribution is 0.0305. The molecule has 1 saturated heterocycles. The number of halogens is 1. The van der Waals surface area contributed by atoms with Gasteiger partial charge in [0.25, 0.3) is 5.91 Å². The minimum absolute atomic E-state index is 0.0291. The van der Waals surface area contributed by atoms with E-state index >= 15 is 0 Å². The third-order valence-electron chi connectivity index (χ3n) is 3.26. The Balaban J connectivity index is 1.87. The van der Waals surface area contributed by atoms with Crippen molar-refractivity contribution in [1.82, 2.24) is 14.9 Å². The summed E-state index contributed by atoms with van der Waals surface area (Å²) in [4.78, 5) is 23.6. The van der Waals surface area contributed by atoms with Crippen molar-refractivity contribution in [3.05, 3.63) is 34.1 Å². The first-order valence-corrected chi connectivity index (χ1v) is 7.81. The number of rotatable bonds is 2. The molecule has 0 saturated carbocycles. The number of aryl methyl sites for hydroxylation is 1. The molecule has 0 spiro atoms. The number of hydrogen-bond acceptors (Lipinski definition) is 5. The quantitative estimate of drug-likeness (QED) is 0.797. The third-order valence-corrected chi connectivity index (χ3v) is 4.68. The Kier molecular flexibility index (Phi) is 4.19. The number of carbonyl (C=O) groups is 1. The van der Waals surface area contributed by atoms with E-state index < -0.39 is 0 Å². The molecule has 3 rings (SSSR count). The van der Waals surface area contributed by atoms with E-state index in [1.807, 2.05) is 17.9 Å². The van der Waals surface area contributed by atoms with E-state index in [1.165, 1.54) is 11.3 Å². The Morgan fingerprint density at radius 1 is 1.38 bits per heavy atom. The number of nitrogens with zero attached hydrogens (tertiary/aromatic N) is 3. The summed E-state index contributed by atoms with van der Waals surface area (Å²) in [5.41, 5.74) is 1.62. The summed E-state index contributed by atoms with van der Waals surface area (Å²) in [6, 6.07) is 3.58. The number of pyridine rings is 1. The first kappa shape index (κ1) is 14.4. The molecule has 0 aromatic carbocycles.